The zero-order valence-corrected chi connectivity index (χ0v) is 16.0. The molecule has 5 heteroatoms. The summed E-state index contributed by atoms with van der Waals surface area (Å²) in [4.78, 5) is 23.1. The number of ether oxygens (including phenoxy) is 3. The van der Waals surface area contributed by atoms with E-state index in [1.165, 1.54) is 26.0 Å². The van der Waals surface area contributed by atoms with Gasteiger partial charge in [0.05, 0.1) is 13.7 Å². The van der Waals surface area contributed by atoms with Crippen LogP contribution in [0.15, 0.2) is 23.3 Å². The number of methoxy groups -OCH3 is 1. The smallest absolute Gasteiger partial charge is 0.316 e. The SMILES string of the molecule is COC(=O)C(C/C=C(\C)CC/C=C(\C)COC1CCCCO1)C(C)=O. The van der Waals surface area contributed by atoms with E-state index in [-0.39, 0.29) is 12.1 Å². The molecule has 1 fully saturated rings. The van der Waals surface area contributed by atoms with E-state index >= 15 is 0 Å². The number of carbonyl (C=O) groups excluding carboxylic acids is 2. The molecule has 5 nitrogen and oxygen atoms in total. The quantitative estimate of drug-likeness (QED) is 0.338. The molecule has 0 aromatic rings. The third-order valence-corrected chi connectivity index (χ3v) is 4.34. The zero-order valence-electron chi connectivity index (χ0n) is 16.0. The van der Waals surface area contributed by atoms with Gasteiger partial charge < -0.3 is 14.2 Å². The fourth-order valence-corrected chi connectivity index (χ4v) is 2.66. The van der Waals surface area contributed by atoms with Gasteiger partial charge in [0.2, 0.25) is 0 Å². The van der Waals surface area contributed by atoms with Gasteiger partial charge in [0.25, 0.3) is 0 Å². The summed E-state index contributed by atoms with van der Waals surface area (Å²) >= 11 is 0. The third kappa shape index (κ3) is 8.98. The number of hydrogen-bond donors (Lipinski definition) is 0. The van der Waals surface area contributed by atoms with Crippen molar-refractivity contribution in [1.82, 2.24) is 0 Å². The van der Waals surface area contributed by atoms with Crippen LogP contribution in [0.2, 0.25) is 0 Å². The van der Waals surface area contributed by atoms with Crippen molar-refractivity contribution >= 4 is 11.8 Å². The van der Waals surface area contributed by atoms with E-state index < -0.39 is 11.9 Å². The van der Waals surface area contributed by atoms with Crippen LogP contribution in [0.5, 0.6) is 0 Å². The summed E-state index contributed by atoms with van der Waals surface area (Å²) < 4.78 is 16.0. The van der Waals surface area contributed by atoms with Gasteiger partial charge in [-0.25, -0.2) is 0 Å². The maximum Gasteiger partial charge on any atom is 0.316 e. The summed E-state index contributed by atoms with van der Waals surface area (Å²) in [6, 6.07) is 0. The monoisotopic (exact) mass is 352 g/mol. The molecule has 1 aliphatic heterocycles. The predicted octanol–water partition coefficient (Wildman–Crippen LogP) is 3.97. The summed E-state index contributed by atoms with van der Waals surface area (Å²) in [6.07, 6.45) is 9.55. The van der Waals surface area contributed by atoms with Gasteiger partial charge in [-0.3, -0.25) is 9.59 Å². The summed E-state index contributed by atoms with van der Waals surface area (Å²) in [5.41, 5.74) is 2.36. The average molecular weight is 352 g/mol. The van der Waals surface area contributed by atoms with Gasteiger partial charge in [0.15, 0.2) is 6.29 Å². The third-order valence-electron chi connectivity index (χ3n) is 4.34. The Morgan fingerprint density at radius 2 is 1.92 bits per heavy atom. The molecular weight excluding hydrogens is 320 g/mol. The Bertz CT molecular complexity index is 486. The molecule has 0 spiro atoms. The van der Waals surface area contributed by atoms with E-state index in [2.05, 4.69) is 17.7 Å². The summed E-state index contributed by atoms with van der Waals surface area (Å²) in [7, 11) is 1.31. The van der Waals surface area contributed by atoms with Crippen LogP contribution in [0.3, 0.4) is 0 Å². The molecule has 1 rings (SSSR count). The molecule has 0 aromatic heterocycles. The lowest BCUT2D eigenvalue weighted by molar-refractivity contribution is -0.156. The molecule has 2 atom stereocenters. The van der Waals surface area contributed by atoms with Gasteiger partial charge >= 0.3 is 5.97 Å². The number of hydrogen-bond acceptors (Lipinski definition) is 5. The topological polar surface area (TPSA) is 61.8 Å². The van der Waals surface area contributed by atoms with E-state index in [1.807, 2.05) is 13.0 Å². The standard InChI is InChI=1S/C20H32O5/c1-15(11-12-18(17(3)21)20(22)23-4)8-7-9-16(2)14-25-19-10-5-6-13-24-19/h9,11,18-19H,5-8,10,12-14H2,1-4H3/b15-11+,16-9+. The first-order chi connectivity index (χ1) is 11.9. The van der Waals surface area contributed by atoms with Gasteiger partial charge in [0.1, 0.15) is 11.7 Å². The first kappa shape index (κ1) is 21.6. The van der Waals surface area contributed by atoms with E-state index in [0.29, 0.717) is 13.0 Å². The van der Waals surface area contributed by atoms with Crippen LogP contribution in [0.25, 0.3) is 0 Å². The maximum absolute atomic E-state index is 11.6. The number of carbonyl (C=O) groups is 2. The number of Topliss-reactive ketones (excluding diaryl/α,β-unsaturated/α-hetero) is 1. The van der Waals surface area contributed by atoms with Gasteiger partial charge in [-0.15, -0.1) is 0 Å². The Kier molecular flexibility index (Phi) is 10.3. The molecule has 0 aromatic carbocycles. The van der Waals surface area contributed by atoms with Crippen molar-refractivity contribution in [1.29, 1.82) is 0 Å². The van der Waals surface area contributed by atoms with Crippen molar-refractivity contribution in [2.24, 2.45) is 5.92 Å². The van der Waals surface area contributed by atoms with E-state index in [1.54, 1.807) is 0 Å². The number of ketones is 1. The Balaban J connectivity index is 2.32. The van der Waals surface area contributed by atoms with Crippen LogP contribution in [0, 0.1) is 5.92 Å². The molecule has 2 unspecified atom stereocenters. The molecule has 0 saturated carbocycles. The van der Waals surface area contributed by atoms with Crippen molar-refractivity contribution in [3.05, 3.63) is 23.3 Å². The van der Waals surface area contributed by atoms with Crippen LogP contribution in [-0.2, 0) is 23.8 Å². The Hall–Kier alpha value is -1.46. The maximum atomic E-state index is 11.6. The van der Waals surface area contributed by atoms with Crippen molar-refractivity contribution in [2.45, 2.75) is 65.6 Å². The number of rotatable bonds is 10. The highest BCUT2D eigenvalue weighted by Gasteiger charge is 2.22. The Morgan fingerprint density at radius 3 is 2.52 bits per heavy atom. The minimum Gasteiger partial charge on any atom is -0.468 e. The van der Waals surface area contributed by atoms with E-state index in [4.69, 9.17) is 9.47 Å². The minimum atomic E-state index is -0.693. The lowest BCUT2D eigenvalue weighted by Crippen LogP contribution is -2.22. The molecule has 0 N–H and O–H groups in total. The van der Waals surface area contributed by atoms with E-state index in [0.717, 1.165) is 37.9 Å². The lowest BCUT2D eigenvalue weighted by atomic mass is 9.99. The van der Waals surface area contributed by atoms with E-state index in [9.17, 15) is 9.59 Å². The minimum absolute atomic E-state index is 0.0550. The second-order valence-electron chi connectivity index (χ2n) is 6.67. The number of allylic oxidation sites excluding steroid dienone is 3. The van der Waals surface area contributed by atoms with Crippen molar-refractivity contribution < 1.29 is 23.8 Å². The Morgan fingerprint density at radius 1 is 1.16 bits per heavy atom. The zero-order chi connectivity index (χ0) is 18.7. The number of esters is 1. The largest absolute Gasteiger partial charge is 0.468 e. The van der Waals surface area contributed by atoms with Gasteiger partial charge in [-0.1, -0.05) is 23.3 Å². The highest BCUT2D eigenvalue weighted by molar-refractivity contribution is 5.97. The van der Waals surface area contributed by atoms with Gasteiger partial charge in [-0.05, 0) is 59.3 Å². The normalized spacial score (nSPS) is 20.2. The second kappa shape index (κ2) is 12.0. The molecule has 1 heterocycles. The van der Waals surface area contributed by atoms with Crippen molar-refractivity contribution in [2.75, 3.05) is 20.3 Å². The molecular formula is C20H32O5. The first-order valence-electron chi connectivity index (χ1n) is 9.06. The summed E-state index contributed by atoms with van der Waals surface area (Å²) in [6.45, 7) is 6.90. The molecule has 1 saturated heterocycles. The second-order valence-corrected chi connectivity index (χ2v) is 6.67. The molecule has 1 aliphatic rings. The Labute approximate surface area is 151 Å². The van der Waals surface area contributed by atoms with Crippen LogP contribution >= 0.6 is 0 Å². The molecule has 0 aliphatic carbocycles. The van der Waals surface area contributed by atoms with Crippen molar-refractivity contribution in [3.8, 4) is 0 Å². The fourth-order valence-electron chi connectivity index (χ4n) is 2.66. The predicted molar refractivity (Wildman–Crippen MR) is 97.1 cm³/mol. The summed E-state index contributed by atoms with van der Waals surface area (Å²) in [5, 5.41) is 0. The van der Waals surface area contributed by atoms with Crippen LogP contribution in [-0.4, -0.2) is 38.4 Å². The van der Waals surface area contributed by atoms with Gasteiger partial charge in [-0.2, -0.15) is 0 Å². The highest BCUT2D eigenvalue weighted by Crippen LogP contribution is 2.16. The molecule has 0 radical (unpaired) electrons. The first-order valence-corrected chi connectivity index (χ1v) is 9.06. The van der Waals surface area contributed by atoms with Crippen molar-refractivity contribution in [3.63, 3.8) is 0 Å². The fraction of sp³-hybridized carbons (Fsp3) is 0.700. The summed E-state index contributed by atoms with van der Waals surface area (Å²) in [5.74, 6) is -1.32. The van der Waals surface area contributed by atoms with Crippen LogP contribution in [0.4, 0.5) is 0 Å². The highest BCUT2D eigenvalue weighted by atomic mass is 16.7. The lowest BCUT2D eigenvalue weighted by Gasteiger charge is -2.22. The molecule has 0 amide bonds. The molecule has 142 valence electrons. The molecule has 25 heavy (non-hydrogen) atoms. The van der Waals surface area contributed by atoms with Gasteiger partial charge in [0, 0.05) is 6.61 Å². The van der Waals surface area contributed by atoms with Crippen LogP contribution in [0.1, 0.15) is 59.3 Å². The molecule has 0 bridgehead atoms. The van der Waals surface area contributed by atoms with Crippen LogP contribution < -0.4 is 0 Å². The average Bonchev–Trinajstić information content (AvgIpc) is 2.60.